The molecular weight excluding hydrogens is 256 g/mol. The number of hydrogen-bond donors (Lipinski definition) is 3. The fraction of sp³-hybridized carbons (Fsp3) is 0.467. The van der Waals surface area contributed by atoms with E-state index in [-0.39, 0.29) is 23.4 Å². The number of nitrogens with two attached hydrogens (primary N) is 1. The van der Waals surface area contributed by atoms with Gasteiger partial charge in [0.15, 0.2) is 5.78 Å². The monoisotopic (exact) mass is 278 g/mol. The van der Waals surface area contributed by atoms with Gasteiger partial charge in [0.2, 0.25) is 5.91 Å². The number of phenolic OH excluding ortho intramolecular Hbond substituents is 1. The molecule has 0 bridgehead atoms. The van der Waals surface area contributed by atoms with E-state index in [1.54, 1.807) is 31.2 Å². The SMILES string of the molecule is CC(=O)[C@H](Cc1ccc(O)cc1)NC(=O)[C@@H](C)CCN. The van der Waals surface area contributed by atoms with Crippen LogP contribution in [-0.4, -0.2) is 29.4 Å². The standard InChI is InChI=1S/C15H22N2O3/c1-10(7-8-16)15(20)17-14(11(2)18)9-12-3-5-13(19)6-4-12/h3-6,10,14,19H,7-9,16H2,1-2H3,(H,17,20)/t10-,14-/m0/s1. The number of amides is 1. The number of rotatable bonds is 7. The smallest absolute Gasteiger partial charge is 0.223 e. The second-order valence-corrected chi connectivity index (χ2v) is 5.02. The Morgan fingerprint density at radius 2 is 1.90 bits per heavy atom. The number of aromatic hydroxyl groups is 1. The predicted molar refractivity (Wildman–Crippen MR) is 77.3 cm³/mol. The summed E-state index contributed by atoms with van der Waals surface area (Å²) in [6.07, 6.45) is 1.01. The Kier molecular flexibility index (Phi) is 6.18. The van der Waals surface area contributed by atoms with E-state index < -0.39 is 6.04 Å². The van der Waals surface area contributed by atoms with Crippen LogP contribution in [-0.2, 0) is 16.0 Å². The Hall–Kier alpha value is -1.88. The molecule has 1 aromatic carbocycles. The molecule has 1 amide bonds. The molecule has 4 N–H and O–H groups in total. The normalized spacial score (nSPS) is 13.6. The van der Waals surface area contributed by atoms with Crippen LogP contribution >= 0.6 is 0 Å². The van der Waals surface area contributed by atoms with Crippen molar-refractivity contribution in [3.63, 3.8) is 0 Å². The Labute approximate surface area is 119 Å². The first-order valence-electron chi connectivity index (χ1n) is 6.72. The molecule has 0 saturated heterocycles. The second kappa shape index (κ2) is 7.65. The van der Waals surface area contributed by atoms with Crippen molar-refractivity contribution >= 4 is 11.7 Å². The van der Waals surface area contributed by atoms with Crippen LogP contribution < -0.4 is 11.1 Å². The molecule has 0 aliphatic rings. The molecule has 0 aromatic heterocycles. The molecule has 0 aliphatic heterocycles. The summed E-state index contributed by atoms with van der Waals surface area (Å²) in [5.41, 5.74) is 6.31. The molecule has 0 fully saturated rings. The van der Waals surface area contributed by atoms with Crippen LogP contribution in [0.15, 0.2) is 24.3 Å². The van der Waals surface area contributed by atoms with Gasteiger partial charge in [-0.05, 0) is 44.0 Å². The van der Waals surface area contributed by atoms with Crippen molar-refractivity contribution in [2.75, 3.05) is 6.54 Å². The van der Waals surface area contributed by atoms with Crippen LogP contribution in [0.2, 0.25) is 0 Å². The van der Waals surface area contributed by atoms with E-state index in [0.29, 0.717) is 19.4 Å². The summed E-state index contributed by atoms with van der Waals surface area (Å²) in [6, 6.07) is 6.05. The Morgan fingerprint density at radius 3 is 2.40 bits per heavy atom. The highest BCUT2D eigenvalue weighted by atomic mass is 16.3. The maximum absolute atomic E-state index is 11.9. The molecule has 1 aromatic rings. The third kappa shape index (κ3) is 5.01. The Bertz CT molecular complexity index is 457. The lowest BCUT2D eigenvalue weighted by Crippen LogP contribution is -2.43. The minimum absolute atomic E-state index is 0.0913. The fourth-order valence-corrected chi connectivity index (χ4v) is 1.86. The van der Waals surface area contributed by atoms with Gasteiger partial charge < -0.3 is 16.2 Å². The van der Waals surface area contributed by atoms with E-state index in [4.69, 9.17) is 5.73 Å². The number of nitrogens with one attached hydrogen (secondary N) is 1. The highest BCUT2D eigenvalue weighted by Gasteiger charge is 2.20. The molecular formula is C15H22N2O3. The van der Waals surface area contributed by atoms with Gasteiger partial charge in [-0.3, -0.25) is 9.59 Å². The summed E-state index contributed by atoms with van der Waals surface area (Å²) >= 11 is 0. The molecule has 5 heteroatoms. The first-order chi connectivity index (χ1) is 9.43. The highest BCUT2D eigenvalue weighted by Crippen LogP contribution is 2.12. The van der Waals surface area contributed by atoms with Crippen molar-refractivity contribution in [2.45, 2.75) is 32.7 Å². The van der Waals surface area contributed by atoms with E-state index in [1.807, 2.05) is 0 Å². The van der Waals surface area contributed by atoms with Crippen molar-refractivity contribution in [1.29, 1.82) is 0 Å². The summed E-state index contributed by atoms with van der Waals surface area (Å²) in [4.78, 5) is 23.6. The zero-order valence-electron chi connectivity index (χ0n) is 11.9. The third-order valence-corrected chi connectivity index (χ3v) is 3.23. The van der Waals surface area contributed by atoms with Crippen molar-refractivity contribution in [3.8, 4) is 5.75 Å². The predicted octanol–water partition coefficient (Wildman–Crippen LogP) is 0.993. The lowest BCUT2D eigenvalue weighted by Gasteiger charge is -2.19. The average Bonchev–Trinajstić information content (AvgIpc) is 2.40. The molecule has 5 nitrogen and oxygen atoms in total. The maximum atomic E-state index is 11.9. The number of benzene rings is 1. The summed E-state index contributed by atoms with van der Waals surface area (Å²) in [5.74, 6) is -0.281. The van der Waals surface area contributed by atoms with Crippen molar-refractivity contribution in [2.24, 2.45) is 11.7 Å². The summed E-state index contributed by atoms with van der Waals surface area (Å²) < 4.78 is 0. The topological polar surface area (TPSA) is 92.4 Å². The number of carbonyl (C=O) groups is 2. The molecule has 0 radical (unpaired) electrons. The molecule has 0 unspecified atom stereocenters. The van der Waals surface area contributed by atoms with Gasteiger partial charge in [0.05, 0.1) is 6.04 Å². The minimum Gasteiger partial charge on any atom is -0.508 e. The molecule has 0 spiro atoms. The van der Waals surface area contributed by atoms with Crippen molar-refractivity contribution < 1.29 is 14.7 Å². The Morgan fingerprint density at radius 1 is 1.30 bits per heavy atom. The van der Waals surface area contributed by atoms with Gasteiger partial charge in [0.1, 0.15) is 5.75 Å². The number of Topliss-reactive ketones (excluding diaryl/α,β-unsaturated/α-hetero) is 1. The fourth-order valence-electron chi connectivity index (χ4n) is 1.86. The van der Waals surface area contributed by atoms with Crippen molar-refractivity contribution in [3.05, 3.63) is 29.8 Å². The van der Waals surface area contributed by atoms with Crippen LogP contribution in [0.5, 0.6) is 5.75 Å². The van der Waals surface area contributed by atoms with E-state index in [1.165, 1.54) is 6.92 Å². The van der Waals surface area contributed by atoms with E-state index in [2.05, 4.69) is 5.32 Å². The van der Waals surface area contributed by atoms with Crippen LogP contribution in [0.4, 0.5) is 0 Å². The zero-order valence-corrected chi connectivity index (χ0v) is 11.9. The maximum Gasteiger partial charge on any atom is 0.223 e. The molecule has 0 saturated carbocycles. The van der Waals surface area contributed by atoms with Crippen LogP contribution in [0.1, 0.15) is 25.8 Å². The quantitative estimate of drug-likeness (QED) is 0.693. The van der Waals surface area contributed by atoms with Gasteiger partial charge in [-0.15, -0.1) is 0 Å². The van der Waals surface area contributed by atoms with Crippen LogP contribution in [0.25, 0.3) is 0 Å². The van der Waals surface area contributed by atoms with Crippen molar-refractivity contribution in [1.82, 2.24) is 5.32 Å². The summed E-state index contributed by atoms with van der Waals surface area (Å²) in [5, 5.41) is 12.0. The number of hydrogen-bond acceptors (Lipinski definition) is 4. The summed E-state index contributed by atoms with van der Waals surface area (Å²) in [6.45, 7) is 3.69. The van der Waals surface area contributed by atoms with Crippen LogP contribution in [0, 0.1) is 5.92 Å². The molecule has 2 atom stereocenters. The van der Waals surface area contributed by atoms with Gasteiger partial charge in [0, 0.05) is 5.92 Å². The van der Waals surface area contributed by atoms with E-state index >= 15 is 0 Å². The number of ketones is 1. The van der Waals surface area contributed by atoms with E-state index in [9.17, 15) is 14.7 Å². The van der Waals surface area contributed by atoms with Gasteiger partial charge in [0.25, 0.3) is 0 Å². The van der Waals surface area contributed by atoms with E-state index in [0.717, 1.165) is 5.56 Å². The minimum atomic E-state index is -0.549. The zero-order chi connectivity index (χ0) is 15.1. The molecule has 0 heterocycles. The molecule has 0 aliphatic carbocycles. The third-order valence-electron chi connectivity index (χ3n) is 3.23. The first-order valence-corrected chi connectivity index (χ1v) is 6.72. The number of carbonyl (C=O) groups excluding carboxylic acids is 2. The Balaban J connectivity index is 2.67. The van der Waals surface area contributed by atoms with Gasteiger partial charge in [-0.25, -0.2) is 0 Å². The molecule has 110 valence electrons. The van der Waals surface area contributed by atoms with Gasteiger partial charge in [-0.1, -0.05) is 19.1 Å². The lowest BCUT2D eigenvalue weighted by molar-refractivity contribution is -0.129. The molecule has 20 heavy (non-hydrogen) atoms. The number of phenols is 1. The van der Waals surface area contributed by atoms with Gasteiger partial charge in [-0.2, -0.15) is 0 Å². The largest absolute Gasteiger partial charge is 0.508 e. The summed E-state index contributed by atoms with van der Waals surface area (Å²) in [7, 11) is 0. The van der Waals surface area contributed by atoms with Gasteiger partial charge >= 0.3 is 0 Å². The second-order valence-electron chi connectivity index (χ2n) is 5.02. The highest BCUT2D eigenvalue weighted by molar-refractivity contribution is 5.88. The first kappa shape index (κ1) is 16.2. The average molecular weight is 278 g/mol. The van der Waals surface area contributed by atoms with Crippen LogP contribution in [0.3, 0.4) is 0 Å². The lowest BCUT2D eigenvalue weighted by atomic mass is 10.0. The molecule has 1 rings (SSSR count).